The molecular formula is C99H123N7O4. The number of allylic oxidation sites excluding steroid dienone is 13. The number of para-hydroxylation sites is 4. The van der Waals surface area contributed by atoms with Gasteiger partial charge in [-0.1, -0.05) is 151 Å². The first-order valence-electron chi connectivity index (χ1n) is 43.8. The zero-order valence-corrected chi connectivity index (χ0v) is 67.3. The average molecular weight is 1480 g/mol. The number of hydrogen-bond acceptors (Lipinski definition) is 9. The SMILES string of the molecule is C[C@]12CCC(=O)C=C1CCC1C2CC[C@]2(C)C(n3cnc4ccccc43)=CCC12.C[C@]12CC[C@H](O)CC1=CCC1C2CC[C@]2(C)C(c3cccnc3)=CCC12.C[C@]12CC[C@H](O)CC1=CCC1C2CC[C@]2(C)C(c3cncnc3)=CCC12.C[C@]12CC[C@H](O)CC1=CCC1C2CC[C@]2(C)C(n3cnc4ccccc43)=CCC12. The first-order chi connectivity index (χ1) is 53.1. The molecule has 6 aromatic rings. The molecular weight excluding hydrogens is 1350 g/mol. The van der Waals surface area contributed by atoms with Crippen LogP contribution in [-0.2, 0) is 4.79 Å². The summed E-state index contributed by atoms with van der Waals surface area (Å²) in [5.74, 6) is 9.49. The minimum atomic E-state index is -0.117. The van der Waals surface area contributed by atoms with Crippen LogP contribution in [0.3, 0.4) is 0 Å². The number of nitrogens with zero attached hydrogens (tertiary/aromatic N) is 7. The molecule has 578 valence electrons. The van der Waals surface area contributed by atoms with Gasteiger partial charge in [-0.3, -0.25) is 9.78 Å². The van der Waals surface area contributed by atoms with Crippen LogP contribution in [0.15, 0.2) is 175 Å². The van der Waals surface area contributed by atoms with Crippen molar-refractivity contribution in [3.63, 3.8) is 0 Å². The fourth-order valence-electron chi connectivity index (χ4n) is 29.6. The molecule has 4 aromatic heterocycles. The highest BCUT2D eigenvalue weighted by Crippen LogP contribution is 2.71. The molecule has 0 bridgehead atoms. The molecule has 3 N–H and O–H groups in total. The van der Waals surface area contributed by atoms with Gasteiger partial charge in [-0.25, -0.2) is 19.9 Å². The largest absolute Gasteiger partial charge is 0.393 e. The molecule has 8 fully saturated rings. The van der Waals surface area contributed by atoms with Gasteiger partial charge in [-0.05, 0) is 330 Å². The maximum atomic E-state index is 12.0. The Morgan fingerprint density at radius 2 is 0.764 bits per heavy atom. The van der Waals surface area contributed by atoms with Gasteiger partial charge in [0.15, 0.2) is 5.78 Å². The summed E-state index contributed by atoms with van der Waals surface area (Å²) < 4.78 is 4.74. The number of ketones is 1. The second-order valence-corrected chi connectivity index (χ2v) is 40.2. The van der Waals surface area contributed by atoms with Crippen LogP contribution in [0.4, 0.5) is 0 Å². The Bertz CT molecular complexity index is 4710. The Kier molecular flexibility index (Phi) is 18.3. The van der Waals surface area contributed by atoms with Gasteiger partial charge < -0.3 is 24.5 Å². The van der Waals surface area contributed by atoms with Crippen LogP contribution in [0.5, 0.6) is 0 Å². The fraction of sp³-hybridized carbons (Fsp3) is 0.596. The second kappa shape index (κ2) is 27.4. The molecule has 16 aliphatic carbocycles. The Morgan fingerprint density at radius 1 is 0.364 bits per heavy atom. The Morgan fingerprint density at radius 3 is 1.24 bits per heavy atom. The van der Waals surface area contributed by atoms with Gasteiger partial charge >= 0.3 is 0 Å². The summed E-state index contributed by atoms with van der Waals surface area (Å²) in [7, 11) is 0. The third kappa shape index (κ3) is 11.5. The molecule has 11 heteroatoms. The highest BCUT2D eigenvalue weighted by Gasteiger charge is 2.62. The molecule has 4 heterocycles. The van der Waals surface area contributed by atoms with Gasteiger partial charge in [-0.2, -0.15) is 0 Å². The van der Waals surface area contributed by atoms with E-state index in [1.54, 1.807) is 28.6 Å². The lowest BCUT2D eigenvalue weighted by molar-refractivity contribution is -0.117. The first kappa shape index (κ1) is 73.3. The maximum Gasteiger partial charge on any atom is 0.155 e. The lowest BCUT2D eigenvalue weighted by atomic mass is 9.47. The number of benzene rings is 2. The van der Waals surface area contributed by atoms with Crippen molar-refractivity contribution >= 4 is 50.4 Å². The third-order valence-corrected chi connectivity index (χ3v) is 35.7. The summed E-state index contributed by atoms with van der Waals surface area (Å²) in [5, 5.41) is 30.5. The molecule has 0 amide bonds. The second-order valence-electron chi connectivity index (χ2n) is 40.2. The molecule has 0 aliphatic heterocycles. The van der Waals surface area contributed by atoms with E-state index in [0.29, 0.717) is 33.4 Å². The summed E-state index contributed by atoms with van der Waals surface area (Å²) in [6.07, 6.45) is 65.0. The molecule has 11 nitrogen and oxygen atoms in total. The molecule has 0 spiro atoms. The number of carbonyl (C=O) groups is 1. The number of fused-ring (bicyclic) bond motifs is 22. The number of hydrogen-bond donors (Lipinski definition) is 3. The summed E-state index contributed by atoms with van der Waals surface area (Å²) in [5.41, 5.74) is 21.6. The summed E-state index contributed by atoms with van der Waals surface area (Å²) in [6, 6.07) is 21.3. The molecule has 0 saturated heterocycles. The lowest BCUT2D eigenvalue weighted by Gasteiger charge is -2.57. The number of aromatic nitrogens is 7. The molecule has 22 rings (SSSR count). The average Bonchev–Trinajstić information content (AvgIpc) is 1.53. The van der Waals surface area contributed by atoms with Crippen molar-refractivity contribution in [2.75, 3.05) is 0 Å². The van der Waals surface area contributed by atoms with Gasteiger partial charge in [0.1, 0.15) is 19.0 Å². The van der Waals surface area contributed by atoms with E-state index in [0.717, 1.165) is 147 Å². The van der Waals surface area contributed by atoms with Crippen molar-refractivity contribution in [2.24, 2.45) is 114 Å². The van der Waals surface area contributed by atoms with Crippen LogP contribution in [0, 0.1) is 114 Å². The highest BCUT2D eigenvalue weighted by atomic mass is 16.3. The quantitative estimate of drug-likeness (QED) is 0.147. The van der Waals surface area contributed by atoms with Crippen LogP contribution in [0.2, 0.25) is 0 Å². The number of rotatable bonds is 4. The molecule has 16 aliphatic rings. The van der Waals surface area contributed by atoms with Crippen LogP contribution in [0.25, 0.3) is 44.6 Å². The minimum absolute atomic E-state index is 0.106. The monoisotopic (exact) mass is 1470 g/mol. The molecule has 0 radical (unpaired) electrons. The summed E-state index contributed by atoms with van der Waals surface area (Å²) in [4.78, 5) is 34.3. The van der Waals surface area contributed by atoms with E-state index in [4.69, 9.17) is 0 Å². The van der Waals surface area contributed by atoms with Crippen molar-refractivity contribution in [3.8, 4) is 0 Å². The standard InChI is InChI=1S/C26H32N2O.C26H30N2O.C24H31NO.C23H30N2O/c2*1-25-13-11-18(29)15-17(25)7-8-19-20-9-10-24(26(20,2)14-12-21(19)25)28-16-27-22-5-3-4-6-23(22)28;1-23-11-9-18(26)14-17(23)5-6-19-21-8-7-20(16-4-3-13-25-15-16)24(21,2)12-10-22(19)23;1-22-9-7-17(26)11-16(22)3-4-18-20-6-5-19(15-12-24-14-25-13-15)23(20,2)10-8-21(18)22/h3-7,10,16,18-21,29H,8-9,11-15H2,1-2H3;3-6,10,15-16,19-21H,7-9,11-14H2,1-2H3;3-5,7,13,15,18-19,21-22,26H,6,8-12,14H2,1-2H3;3,5,12-14,17-18,20-21,26H,4,6-11H2,1-2H3/t18-,19?,20?,21?,25-,26-;19?,20?,21?,25-,26-;18-,19?,21?,22?,23-,24+;17-,18?,20?,21?,22-,23+/m0000/s1. The Hall–Kier alpha value is -6.92. The molecule has 2 aromatic carbocycles. The lowest BCUT2D eigenvalue weighted by Crippen LogP contribution is -2.50. The molecule has 23 atom stereocenters. The Labute approximate surface area is 655 Å². The van der Waals surface area contributed by atoms with Crippen molar-refractivity contribution < 1.29 is 20.1 Å². The highest BCUT2D eigenvalue weighted by molar-refractivity contribution is 5.92. The zero-order chi connectivity index (χ0) is 75.5. The summed E-state index contributed by atoms with van der Waals surface area (Å²) >= 11 is 0. The third-order valence-electron chi connectivity index (χ3n) is 35.7. The topological polar surface area (TPSA) is 152 Å². The van der Waals surface area contributed by atoms with Gasteiger partial charge in [0.25, 0.3) is 0 Å². The number of carbonyl (C=O) groups excluding carboxylic acids is 1. The zero-order valence-electron chi connectivity index (χ0n) is 67.3. The Balaban J connectivity index is 0.0000000994. The van der Waals surface area contributed by atoms with E-state index >= 15 is 0 Å². The van der Waals surface area contributed by atoms with Gasteiger partial charge in [0, 0.05) is 59.0 Å². The van der Waals surface area contributed by atoms with E-state index in [9.17, 15) is 20.1 Å². The predicted octanol–water partition coefficient (Wildman–Crippen LogP) is 22.0. The molecule has 8 saturated carbocycles. The van der Waals surface area contributed by atoms with Crippen LogP contribution in [0.1, 0.15) is 246 Å². The number of imidazole rings is 2. The summed E-state index contributed by atoms with van der Waals surface area (Å²) in [6.45, 7) is 20.0. The minimum Gasteiger partial charge on any atom is -0.393 e. The maximum absolute atomic E-state index is 12.0. The van der Waals surface area contributed by atoms with Gasteiger partial charge in [0.2, 0.25) is 0 Å². The van der Waals surface area contributed by atoms with Gasteiger partial charge in [0.05, 0.1) is 40.4 Å². The normalized spacial score (nSPS) is 42.1. The molecule has 110 heavy (non-hydrogen) atoms. The number of pyridine rings is 1. The van der Waals surface area contributed by atoms with Crippen LogP contribution >= 0.6 is 0 Å². The van der Waals surface area contributed by atoms with E-state index in [2.05, 4.69) is 193 Å². The van der Waals surface area contributed by atoms with Crippen molar-refractivity contribution in [3.05, 3.63) is 186 Å². The fourth-order valence-corrected chi connectivity index (χ4v) is 29.6. The predicted molar refractivity (Wildman–Crippen MR) is 442 cm³/mol. The van der Waals surface area contributed by atoms with Crippen molar-refractivity contribution in [1.29, 1.82) is 0 Å². The first-order valence-corrected chi connectivity index (χ1v) is 43.8. The number of aliphatic hydroxyl groups is 3. The van der Waals surface area contributed by atoms with Gasteiger partial charge in [-0.15, -0.1) is 0 Å². The number of aliphatic hydroxyl groups excluding tert-OH is 3. The smallest absolute Gasteiger partial charge is 0.155 e. The van der Waals surface area contributed by atoms with E-state index < -0.39 is 0 Å². The van der Waals surface area contributed by atoms with E-state index in [-0.39, 0.29) is 40.0 Å². The van der Waals surface area contributed by atoms with Crippen LogP contribution < -0.4 is 0 Å². The van der Waals surface area contributed by atoms with E-state index in [1.165, 1.54) is 154 Å². The van der Waals surface area contributed by atoms with Crippen molar-refractivity contribution in [2.45, 2.75) is 253 Å². The van der Waals surface area contributed by atoms with Crippen molar-refractivity contribution in [1.82, 2.24) is 34.1 Å². The molecule has 12 unspecified atom stereocenters. The van der Waals surface area contributed by atoms with E-state index in [1.807, 2.05) is 43.5 Å². The van der Waals surface area contributed by atoms with Crippen LogP contribution in [-0.4, -0.2) is 73.5 Å².